The quantitative estimate of drug-likeness (QED) is 0.782. The van der Waals surface area contributed by atoms with E-state index in [0.29, 0.717) is 0 Å². The topological polar surface area (TPSA) is 69.9 Å². The summed E-state index contributed by atoms with van der Waals surface area (Å²) in [4.78, 5) is 0. The van der Waals surface area contributed by atoms with Gasteiger partial charge in [0.25, 0.3) is 5.92 Å². The maximum absolute atomic E-state index is 14.0. The zero-order valence-electron chi connectivity index (χ0n) is 10.2. The van der Waals surface area contributed by atoms with Gasteiger partial charge in [-0.2, -0.15) is 0 Å². The third kappa shape index (κ3) is 2.96. The molecule has 0 heterocycles. The Bertz CT molecular complexity index is 421. The maximum Gasteiger partial charge on any atom is 0.289 e. The van der Waals surface area contributed by atoms with Crippen LogP contribution >= 0.6 is 0 Å². The van der Waals surface area contributed by atoms with E-state index in [0.717, 1.165) is 0 Å². The minimum atomic E-state index is -3.20. The van der Waals surface area contributed by atoms with Crippen LogP contribution in [0, 0.1) is 5.92 Å². The van der Waals surface area contributed by atoms with Gasteiger partial charge in [-0.1, -0.05) is 0 Å². The number of ether oxygens (including phenoxy) is 1. The number of alkyl halides is 2. The molecule has 19 heavy (non-hydrogen) atoms. The van der Waals surface area contributed by atoms with Crippen LogP contribution in [0.4, 0.5) is 8.78 Å². The number of halogens is 2. The molecule has 1 fully saturated rings. The highest BCUT2D eigenvalue weighted by molar-refractivity contribution is 5.30. The Kier molecular flexibility index (Phi) is 3.91. The number of benzene rings is 1. The van der Waals surface area contributed by atoms with Gasteiger partial charge in [0.15, 0.2) is 6.10 Å². The van der Waals surface area contributed by atoms with Crippen LogP contribution in [0.3, 0.4) is 0 Å². The van der Waals surface area contributed by atoms with Crippen LogP contribution in [0.15, 0.2) is 24.3 Å². The molecule has 0 aliphatic heterocycles. The van der Waals surface area contributed by atoms with Crippen LogP contribution in [0.1, 0.15) is 12.8 Å². The number of rotatable bonds is 3. The van der Waals surface area contributed by atoms with Crippen LogP contribution in [-0.2, 0) is 0 Å². The molecule has 6 heteroatoms. The first-order valence-corrected chi connectivity index (χ1v) is 6.06. The first kappa shape index (κ1) is 14.0. The number of phenols is 1. The standard InChI is InChI=1S/C13H16F2O4/c14-13(15)8(7-16)5-10(18)6-12(13)19-11-3-1-9(17)2-4-11/h1-4,8,10,12,16-18H,5-7H2/t8?,10-,12?/m0/s1. The SMILES string of the molecule is OCC1C[C@H](O)CC(Oc2ccc(O)cc2)C1(F)F. The number of aliphatic hydroxyl groups excluding tert-OH is 2. The Morgan fingerprint density at radius 2 is 1.84 bits per heavy atom. The second-order valence-electron chi connectivity index (χ2n) is 4.78. The molecule has 1 aliphatic carbocycles. The van der Waals surface area contributed by atoms with Crippen LogP contribution in [0.2, 0.25) is 0 Å². The van der Waals surface area contributed by atoms with Crippen molar-refractivity contribution in [2.45, 2.75) is 31.0 Å². The first-order chi connectivity index (χ1) is 8.93. The Morgan fingerprint density at radius 1 is 1.21 bits per heavy atom. The minimum absolute atomic E-state index is 0.0102. The van der Waals surface area contributed by atoms with Gasteiger partial charge in [-0.15, -0.1) is 0 Å². The van der Waals surface area contributed by atoms with Gasteiger partial charge in [-0.25, -0.2) is 8.78 Å². The van der Waals surface area contributed by atoms with Crippen molar-refractivity contribution >= 4 is 0 Å². The number of hydrogen-bond donors (Lipinski definition) is 3. The summed E-state index contributed by atoms with van der Waals surface area (Å²) in [5.41, 5.74) is 0. The maximum atomic E-state index is 14.0. The summed E-state index contributed by atoms with van der Waals surface area (Å²) >= 11 is 0. The van der Waals surface area contributed by atoms with Gasteiger partial charge >= 0.3 is 0 Å². The van der Waals surface area contributed by atoms with Crippen molar-refractivity contribution in [3.63, 3.8) is 0 Å². The smallest absolute Gasteiger partial charge is 0.289 e. The summed E-state index contributed by atoms with van der Waals surface area (Å²) in [5.74, 6) is -4.31. The summed E-state index contributed by atoms with van der Waals surface area (Å²) < 4.78 is 33.2. The predicted octanol–water partition coefficient (Wildman–Crippen LogP) is 1.54. The summed E-state index contributed by atoms with van der Waals surface area (Å²) in [5, 5.41) is 27.7. The highest BCUT2D eigenvalue weighted by Crippen LogP contribution is 2.40. The lowest BCUT2D eigenvalue weighted by molar-refractivity contribution is -0.187. The molecule has 0 radical (unpaired) electrons. The largest absolute Gasteiger partial charge is 0.508 e. The zero-order valence-corrected chi connectivity index (χ0v) is 10.2. The molecule has 0 saturated heterocycles. The van der Waals surface area contributed by atoms with Gasteiger partial charge in [0.05, 0.1) is 18.6 Å². The van der Waals surface area contributed by atoms with E-state index in [-0.39, 0.29) is 24.3 Å². The first-order valence-electron chi connectivity index (χ1n) is 6.06. The van der Waals surface area contributed by atoms with Crippen LogP contribution in [0.25, 0.3) is 0 Å². The molecule has 1 aromatic carbocycles. The second-order valence-corrected chi connectivity index (χ2v) is 4.78. The lowest BCUT2D eigenvalue weighted by Crippen LogP contribution is -2.52. The van der Waals surface area contributed by atoms with Gasteiger partial charge < -0.3 is 20.1 Å². The number of aromatic hydroxyl groups is 1. The lowest BCUT2D eigenvalue weighted by atomic mass is 9.82. The fraction of sp³-hybridized carbons (Fsp3) is 0.538. The molecule has 2 unspecified atom stereocenters. The third-order valence-electron chi connectivity index (χ3n) is 3.35. The molecule has 0 amide bonds. The van der Waals surface area contributed by atoms with Crippen molar-refractivity contribution in [2.75, 3.05) is 6.61 Å². The molecule has 1 saturated carbocycles. The molecular formula is C13H16F2O4. The van der Waals surface area contributed by atoms with E-state index in [4.69, 9.17) is 14.9 Å². The molecule has 2 rings (SSSR count). The van der Waals surface area contributed by atoms with Crippen LogP contribution in [0.5, 0.6) is 11.5 Å². The van der Waals surface area contributed by atoms with Crippen LogP contribution < -0.4 is 4.74 Å². The molecule has 1 aliphatic rings. The van der Waals surface area contributed by atoms with Crippen molar-refractivity contribution < 1.29 is 28.8 Å². The highest BCUT2D eigenvalue weighted by atomic mass is 19.3. The minimum Gasteiger partial charge on any atom is -0.508 e. The summed E-state index contributed by atoms with van der Waals surface area (Å²) in [7, 11) is 0. The third-order valence-corrected chi connectivity index (χ3v) is 3.35. The van der Waals surface area contributed by atoms with Crippen LogP contribution in [-0.4, -0.2) is 40.1 Å². The monoisotopic (exact) mass is 274 g/mol. The fourth-order valence-corrected chi connectivity index (χ4v) is 2.26. The number of hydrogen-bond acceptors (Lipinski definition) is 4. The van der Waals surface area contributed by atoms with E-state index in [1.54, 1.807) is 0 Å². The van der Waals surface area contributed by atoms with E-state index in [9.17, 15) is 13.9 Å². The molecule has 106 valence electrons. The van der Waals surface area contributed by atoms with Gasteiger partial charge in [-0.3, -0.25) is 0 Å². The summed E-state index contributed by atoms with van der Waals surface area (Å²) in [6.45, 7) is -0.695. The molecule has 3 atom stereocenters. The Balaban J connectivity index is 2.15. The molecule has 0 aromatic heterocycles. The van der Waals surface area contributed by atoms with Gasteiger partial charge in [0, 0.05) is 6.42 Å². The van der Waals surface area contributed by atoms with Crippen molar-refractivity contribution in [2.24, 2.45) is 5.92 Å². The molecule has 3 N–H and O–H groups in total. The molecule has 1 aromatic rings. The van der Waals surface area contributed by atoms with Gasteiger partial charge in [0.1, 0.15) is 11.5 Å². The van der Waals surface area contributed by atoms with E-state index >= 15 is 0 Å². The van der Waals surface area contributed by atoms with Crippen molar-refractivity contribution in [1.29, 1.82) is 0 Å². The Morgan fingerprint density at radius 3 is 2.42 bits per heavy atom. The predicted molar refractivity (Wildman–Crippen MR) is 63.3 cm³/mol. The zero-order chi connectivity index (χ0) is 14.0. The molecule has 4 nitrogen and oxygen atoms in total. The van der Waals surface area contributed by atoms with E-state index in [1.807, 2.05) is 0 Å². The summed E-state index contributed by atoms with van der Waals surface area (Å²) in [6.07, 6.45) is -2.74. The second kappa shape index (κ2) is 5.30. The summed E-state index contributed by atoms with van der Waals surface area (Å²) in [6, 6.07) is 5.41. The molecule has 0 bridgehead atoms. The van der Waals surface area contributed by atoms with E-state index < -0.39 is 30.7 Å². The number of phenolic OH excluding ortho intramolecular Hbond substituents is 1. The van der Waals surface area contributed by atoms with Gasteiger partial charge in [-0.05, 0) is 30.7 Å². The van der Waals surface area contributed by atoms with E-state index in [1.165, 1.54) is 24.3 Å². The Hall–Kier alpha value is -1.40. The van der Waals surface area contributed by atoms with Crippen molar-refractivity contribution in [3.8, 4) is 11.5 Å². The van der Waals surface area contributed by atoms with Gasteiger partial charge in [0.2, 0.25) is 0 Å². The normalized spacial score (nSPS) is 30.0. The highest BCUT2D eigenvalue weighted by Gasteiger charge is 2.53. The fourth-order valence-electron chi connectivity index (χ4n) is 2.26. The number of aliphatic hydroxyl groups is 2. The van der Waals surface area contributed by atoms with E-state index in [2.05, 4.69) is 0 Å². The lowest BCUT2D eigenvalue weighted by Gasteiger charge is -2.39. The van der Waals surface area contributed by atoms with Crippen molar-refractivity contribution in [1.82, 2.24) is 0 Å². The average molecular weight is 274 g/mol. The molecular weight excluding hydrogens is 258 g/mol. The Labute approximate surface area is 109 Å². The molecule has 0 spiro atoms. The average Bonchev–Trinajstić information content (AvgIpc) is 2.36. The van der Waals surface area contributed by atoms with Crippen molar-refractivity contribution in [3.05, 3.63) is 24.3 Å².